The number of benzene rings is 2. The van der Waals surface area contributed by atoms with E-state index in [4.69, 9.17) is 14.2 Å². The summed E-state index contributed by atoms with van der Waals surface area (Å²) >= 11 is 0. The Bertz CT molecular complexity index is 1090. The fourth-order valence-electron chi connectivity index (χ4n) is 4.82. The maximum Gasteiger partial charge on any atom is 0.295 e. The molecule has 1 heterocycles. The normalized spacial score (nSPS) is 20.3. The molecule has 33 heavy (non-hydrogen) atoms. The van der Waals surface area contributed by atoms with Crippen LogP contribution in [0.15, 0.2) is 48.0 Å². The fourth-order valence-corrected chi connectivity index (χ4v) is 4.82. The lowest BCUT2D eigenvalue weighted by molar-refractivity contribution is -0.141. The number of carbonyl (C=O) groups is 2. The highest BCUT2D eigenvalue weighted by Crippen LogP contribution is 2.44. The van der Waals surface area contributed by atoms with E-state index in [0.29, 0.717) is 29.4 Å². The van der Waals surface area contributed by atoms with Gasteiger partial charge in [0.25, 0.3) is 11.7 Å². The third-order valence-electron chi connectivity index (χ3n) is 6.34. The van der Waals surface area contributed by atoms with E-state index >= 15 is 0 Å². The minimum atomic E-state index is -0.693. The number of hydrogen-bond acceptors (Lipinski definition) is 6. The Morgan fingerprint density at radius 3 is 2.42 bits per heavy atom. The number of likely N-dealkylation sites (tertiary alicyclic amines) is 1. The van der Waals surface area contributed by atoms with Gasteiger partial charge >= 0.3 is 0 Å². The maximum atomic E-state index is 13.3. The first kappa shape index (κ1) is 22.7. The van der Waals surface area contributed by atoms with Gasteiger partial charge in [0.2, 0.25) is 0 Å². The number of rotatable bonds is 7. The average Bonchev–Trinajstić information content (AvgIpc) is 3.45. The molecule has 0 radical (unpaired) electrons. The minimum absolute atomic E-state index is 0.0436. The Balaban J connectivity index is 1.88. The van der Waals surface area contributed by atoms with Crippen molar-refractivity contribution in [1.29, 1.82) is 0 Å². The van der Waals surface area contributed by atoms with Crippen LogP contribution in [0.2, 0.25) is 0 Å². The van der Waals surface area contributed by atoms with Crippen LogP contribution >= 0.6 is 0 Å². The van der Waals surface area contributed by atoms with Crippen LogP contribution < -0.4 is 14.2 Å². The molecule has 2 aliphatic rings. The highest BCUT2D eigenvalue weighted by molar-refractivity contribution is 6.46. The number of ether oxygens (including phenoxy) is 3. The van der Waals surface area contributed by atoms with Crippen LogP contribution in [0.5, 0.6) is 17.2 Å². The van der Waals surface area contributed by atoms with Gasteiger partial charge in [0.05, 0.1) is 32.4 Å². The Kier molecular flexibility index (Phi) is 6.58. The molecule has 1 unspecified atom stereocenters. The molecule has 1 amide bonds. The number of hydrogen-bond donors (Lipinski definition) is 1. The molecule has 7 nitrogen and oxygen atoms in total. The average molecular weight is 452 g/mol. The fraction of sp³-hybridized carbons (Fsp3) is 0.385. The monoisotopic (exact) mass is 451 g/mol. The maximum absolute atomic E-state index is 13.3. The number of aliphatic hydroxyl groups excluding tert-OH is 1. The summed E-state index contributed by atoms with van der Waals surface area (Å²) in [5.74, 6) is 0.0827. The van der Waals surface area contributed by atoms with Crippen molar-refractivity contribution in [1.82, 2.24) is 4.90 Å². The number of carbonyl (C=O) groups excluding carboxylic acids is 2. The Labute approximate surface area is 193 Å². The Morgan fingerprint density at radius 1 is 1.03 bits per heavy atom. The number of nitrogens with zero attached hydrogens (tertiary/aromatic N) is 1. The molecule has 1 aliphatic carbocycles. The number of ketones is 1. The largest absolute Gasteiger partial charge is 0.507 e. The summed E-state index contributed by atoms with van der Waals surface area (Å²) in [6, 6.07) is 11.5. The van der Waals surface area contributed by atoms with E-state index < -0.39 is 17.7 Å². The van der Waals surface area contributed by atoms with Crippen molar-refractivity contribution in [3.05, 3.63) is 59.2 Å². The molecular weight excluding hydrogens is 422 g/mol. The van der Waals surface area contributed by atoms with Gasteiger partial charge in [0.15, 0.2) is 11.5 Å². The topological polar surface area (TPSA) is 85.3 Å². The summed E-state index contributed by atoms with van der Waals surface area (Å²) in [7, 11) is 3.02. The number of methoxy groups -OCH3 is 2. The van der Waals surface area contributed by atoms with Gasteiger partial charge in [-0.15, -0.1) is 0 Å². The van der Waals surface area contributed by atoms with Crippen molar-refractivity contribution >= 4 is 17.4 Å². The van der Waals surface area contributed by atoms with Gasteiger partial charge in [-0.25, -0.2) is 0 Å². The van der Waals surface area contributed by atoms with Gasteiger partial charge in [-0.05, 0) is 55.7 Å². The lowest BCUT2D eigenvalue weighted by atomic mass is 9.94. The van der Waals surface area contributed by atoms with Crippen LogP contribution in [-0.4, -0.2) is 48.6 Å². The van der Waals surface area contributed by atoms with Gasteiger partial charge in [0.1, 0.15) is 11.5 Å². The molecule has 1 N–H and O–H groups in total. The molecule has 0 bridgehead atoms. The standard InChI is InChI=1S/C26H29NO6/c1-4-33-19-11-7-8-16(14-19)23-22(25(29)26(30)27(23)18-9-5-6-10-18)24(28)17-12-13-20(31-2)21(15-17)32-3/h7-8,11-15,18,23,28H,4-6,9-10H2,1-3H3/b24-22+. The number of Topliss-reactive ketones (excluding diaryl/α,β-unsaturated/α-hetero) is 1. The summed E-state index contributed by atoms with van der Waals surface area (Å²) in [6.45, 7) is 2.40. The molecule has 7 heteroatoms. The smallest absolute Gasteiger partial charge is 0.295 e. The van der Waals surface area contributed by atoms with Gasteiger partial charge in [-0.3, -0.25) is 9.59 Å². The van der Waals surface area contributed by atoms with Crippen LogP contribution in [-0.2, 0) is 9.59 Å². The third-order valence-corrected chi connectivity index (χ3v) is 6.34. The van der Waals surface area contributed by atoms with Crippen LogP contribution in [0.3, 0.4) is 0 Å². The molecule has 4 rings (SSSR count). The first-order chi connectivity index (χ1) is 16.0. The van der Waals surface area contributed by atoms with Crippen molar-refractivity contribution in [2.45, 2.75) is 44.7 Å². The molecule has 1 saturated carbocycles. The quantitative estimate of drug-likeness (QED) is 0.380. The molecule has 0 spiro atoms. The SMILES string of the molecule is CCOc1cccc(C2/C(=C(\O)c3ccc(OC)c(OC)c3)C(=O)C(=O)N2C2CCCC2)c1. The second-order valence-corrected chi connectivity index (χ2v) is 8.22. The van der Waals surface area contributed by atoms with Crippen molar-refractivity contribution in [3.63, 3.8) is 0 Å². The molecular formula is C26H29NO6. The van der Waals surface area contributed by atoms with Crippen LogP contribution in [0.25, 0.3) is 5.76 Å². The number of amides is 1. The highest BCUT2D eigenvalue weighted by atomic mass is 16.5. The minimum Gasteiger partial charge on any atom is -0.507 e. The second kappa shape index (κ2) is 9.57. The summed E-state index contributed by atoms with van der Waals surface area (Å²) in [6.07, 6.45) is 3.69. The van der Waals surface area contributed by atoms with E-state index in [1.54, 1.807) is 23.1 Å². The van der Waals surface area contributed by atoms with Crippen LogP contribution in [0, 0.1) is 0 Å². The van der Waals surface area contributed by atoms with E-state index in [1.165, 1.54) is 14.2 Å². The second-order valence-electron chi connectivity index (χ2n) is 8.22. The summed E-state index contributed by atoms with van der Waals surface area (Å²) in [5.41, 5.74) is 1.19. The first-order valence-electron chi connectivity index (χ1n) is 11.2. The molecule has 0 aromatic heterocycles. The molecule has 174 valence electrons. The first-order valence-corrected chi connectivity index (χ1v) is 11.2. The highest BCUT2D eigenvalue weighted by Gasteiger charge is 2.49. The zero-order chi connectivity index (χ0) is 23.5. The third kappa shape index (κ3) is 4.15. The zero-order valence-electron chi connectivity index (χ0n) is 19.2. The predicted octanol–water partition coefficient (Wildman–Crippen LogP) is 4.47. The summed E-state index contributed by atoms with van der Waals surface area (Å²) in [5, 5.41) is 11.3. The predicted molar refractivity (Wildman–Crippen MR) is 124 cm³/mol. The van der Waals surface area contributed by atoms with Crippen LogP contribution in [0.1, 0.15) is 49.8 Å². The van der Waals surface area contributed by atoms with E-state index in [-0.39, 0.29) is 17.4 Å². The van der Waals surface area contributed by atoms with Gasteiger partial charge in [-0.2, -0.15) is 0 Å². The molecule has 2 aromatic carbocycles. The van der Waals surface area contributed by atoms with Crippen LogP contribution in [0.4, 0.5) is 0 Å². The van der Waals surface area contributed by atoms with Crippen molar-refractivity contribution in [2.24, 2.45) is 0 Å². The van der Waals surface area contributed by atoms with E-state index in [1.807, 2.05) is 31.2 Å². The molecule has 2 aromatic rings. The van der Waals surface area contributed by atoms with Crippen molar-refractivity contribution in [3.8, 4) is 17.2 Å². The number of aliphatic hydroxyl groups is 1. The van der Waals surface area contributed by atoms with Gasteiger partial charge in [-0.1, -0.05) is 25.0 Å². The summed E-state index contributed by atoms with van der Waals surface area (Å²) < 4.78 is 16.3. The van der Waals surface area contributed by atoms with Gasteiger partial charge in [0, 0.05) is 11.6 Å². The van der Waals surface area contributed by atoms with E-state index in [9.17, 15) is 14.7 Å². The lowest BCUT2D eigenvalue weighted by Gasteiger charge is -2.31. The molecule has 1 atom stereocenters. The lowest BCUT2D eigenvalue weighted by Crippen LogP contribution is -2.37. The Morgan fingerprint density at radius 2 is 1.76 bits per heavy atom. The van der Waals surface area contributed by atoms with Crippen molar-refractivity contribution in [2.75, 3.05) is 20.8 Å². The molecule has 1 saturated heterocycles. The zero-order valence-corrected chi connectivity index (χ0v) is 19.2. The van der Waals surface area contributed by atoms with E-state index in [0.717, 1.165) is 31.2 Å². The summed E-state index contributed by atoms with van der Waals surface area (Å²) in [4.78, 5) is 28.1. The molecule has 2 fully saturated rings. The Hall–Kier alpha value is -3.48. The van der Waals surface area contributed by atoms with Gasteiger partial charge < -0.3 is 24.2 Å². The molecule has 1 aliphatic heterocycles. The van der Waals surface area contributed by atoms with Crippen molar-refractivity contribution < 1.29 is 28.9 Å². The van der Waals surface area contributed by atoms with E-state index in [2.05, 4.69) is 0 Å².